The number of ether oxygens (including phenoxy) is 2. The van der Waals surface area contributed by atoms with Crippen molar-refractivity contribution in [1.82, 2.24) is 9.97 Å². The fourth-order valence-corrected chi connectivity index (χ4v) is 1.52. The van der Waals surface area contributed by atoms with Gasteiger partial charge in [0, 0.05) is 12.7 Å². The number of carbonyl (C=O) groups is 1. The number of aromatic nitrogens is 2. The SMILES string of the molecule is COC(=O)c1ccc(COc2ccc(CN)nc2)nc1. The fourth-order valence-electron chi connectivity index (χ4n) is 1.52. The zero-order chi connectivity index (χ0) is 14.4. The summed E-state index contributed by atoms with van der Waals surface area (Å²) in [5.74, 6) is 0.229. The summed E-state index contributed by atoms with van der Waals surface area (Å²) >= 11 is 0. The van der Waals surface area contributed by atoms with Gasteiger partial charge >= 0.3 is 5.97 Å². The summed E-state index contributed by atoms with van der Waals surface area (Å²) in [6, 6.07) is 6.97. The molecule has 0 saturated carbocycles. The summed E-state index contributed by atoms with van der Waals surface area (Å²) in [7, 11) is 1.33. The summed E-state index contributed by atoms with van der Waals surface area (Å²) in [5, 5.41) is 0. The Hall–Kier alpha value is -2.47. The van der Waals surface area contributed by atoms with Gasteiger partial charge in [0.15, 0.2) is 0 Å². The van der Waals surface area contributed by atoms with Crippen molar-refractivity contribution in [2.45, 2.75) is 13.2 Å². The molecule has 0 aliphatic heterocycles. The van der Waals surface area contributed by atoms with E-state index in [0.29, 0.717) is 30.2 Å². The maximum absolute atomic E-state index is 11.3. The van der Waals surface area contributed by atoms with Gasteiger partial charge in [-0.2, -0.15) is 0 Å². The standard InChI is InChI=1S/C14H15N3O3/c1-19-14(18)10-2-3-12(16-7-10)9-20-13-5-4-11(6-15)17-8-13/h2-5,7-8H,6,9,15H2,1H3. The van der Waals surface area contributed by atoms with E-state index in [-0.39, 0.29) is 0 Å². The lowest BCUT2D eigenvalue weighted by molar-refractivity contribution is 0.0600. The van der Waals surface area contributed by atoms with Crippen molar-refractivity contribution in [2.75, 3.05) is 7.11 Å². The Morgan fingerprint density at radius 3 is 2.45 bits per heavy atom. The molecule has 20 heavy (non-hydrogen) atoms. The Bertz CT molecular complexity index is 567. The zero-order valence-corrected chi connectivity index (χ0v) is 11.1. The summed E-state index contributed by atoms with van der Waals surface area (Å²) in [4.78, 5) is 19.5. The minimum absolute atomic E-state index is 0.297. The lowest BCUT2D eigenvalue weighted by Gasteiger charge is -2.06. The largest absolute Gasteiger partial charge is 0.486 e. The molecule has 0 saturated heterocycles. The molecular formula is C14H15N3O3. The van der Waals surface area contributed by atoms with E-state index in [1.807, 2.05) is 6.07 Å². The normalized spacial score (nSPS) is 10.1. The molecule has 0 aliphatic carbocycles. The van der Waals surface area contributed by atoms with Gasteiger partial charge in [0.05, 0.1) is 30.3 Å². The van der Waals surface area contributed by atoms with Gasteiger partial charge in [-0.05, 0) is 24.3 Å². The van der Waals surface area contributed by atoms with Crippen LogP contribution in [0.1, 0.15) is 21.7 Å². The molecule has 0 amide bonds. The predicted octanol–water partition coefficient (Wildman–Crippen LogP) is 1.30. The number of esters is 1. The van der Waals surface area contributed by atoms with Crippen LogP contribution >= 0.6 is 0 Å². The van der Waals surface area contributed by atoms with Crippen LogP contribution in [0.5, 0.6) is 5.75 Å². The molecule has 0 radical (unpaired) electrons. The average molecular weight is 273 g/mol. The van der Waals surface area contributed by atoms with E-state index in [9.17, 15) is 4.79 Å². The molecule has 6 nitrogen and oxygen atoms in total. The van der Waals surface area contributed by atoms with Gasteiger partial charge in [-0.15, -0.1) is 0 Å². The maximum atomic E-state index is 11.3. The van der Waals surface area contributed by atoms with Gasteiger partial charge in [0.2, 0.25) is 0 Å². The van der Waals surface area contributed by atoms with Gasteiger partial charge in [-0.1, -0.05) is 0 Å². The smallest absolute Gasteiger partial charge is 0.339 e. The molecule has 2 N–H and O–H groups in total. The van der Waals surface area contributed by atoms with E-state index < -0.39 is 5.97 Å². The van der Waals surface area contributed by atoms with Crippen molar-refractivity contribution in [3.05, 3.63) is 53.6 Å². The van der Waals surface area contributed by atoms with Crippen LogP contribution in [-0.4, -0.2) is 23.0 Å². The highest BCUT2D eigenvalue weighted by molar-refractivity contribution is 5.88. The predicted molar refractivity (Wildman–Crippen MR) is 72.0 cm³/mol. The van der Waals surface area contributed by atoms with Gasteiger partial charge in [0.1, 0.15) is 12.4 Å². The fraction of sp³-hybridized carbons (Fsp3) is 0.214. The van der Waals surface area contributed by atoms with E-state index in [1.54, 1.807) is 24.4 Å². The summed E-state index contributed by atoms with van der Waals surface area (Å²) in [6.45, 7) is 0.696. The van der Waals surface area contributed by atoms with E-state index in [1.165, 1.54) is 13.3 Å². The first kappa shape index (κ1) is 14.0. The molecule has 0 unspecified atom stereocenters. The lowest BCUT2D eigenvalue weighted by Crippen LogP contribution is -2.04. The second-order valence-corrected chi connectivity index (χ2v) is 4.01. The van der Waals surface area contributed by atoms with Gasteiger partial charge in [-0.25, -0.2) is 4.79 Å². The third-order valence-corrected chi connectivity index (χ3v) is 2.64. The number of nitrogens with zero attached hydrogens (tertiary/aromatic N) is 2. The highest BCUT2D eigenvalue weighted by Gasteiger charge is 2.05. The first-order valence-corrected chi connectivity index (χ1v) is 6.04. The summed E-state index contributed by atoms with van der Waals surface area (Å²) < 4.78 is 10.1. The van der Waals surface area contributed by atoms with E-state index >= 15 is 0 Å². The van der Waals surface area contributed by atoms with Crippen molar-refractivity contribution in [3.8, 4) is 5.75 Å². The molecule has 104 valence electrons. The molecule has 6 heteroatoms. The molecular weight excluding hydrogens is 258 g/mol. The number of methoxy groups -OCH3 is 1. The van der Waals surface area contributed by atoms with Crippen molar-refractivity contribution >= 4 is 5.97 Å². The summed E-state index contributed by atoms with van der Waals surface area (Å²) in [6.07, 6.45) is 3.07. The quantitative estimate of drug-likeness (QED) is 0.826. The summed E-state index contributed by atoms with van der Waals surface area (Å²) in [5.41, 5.74) is 7.38. The molecule has 2 heterocycles. The third-order valence-electron chi connectivity index (χ3n) is 2.64. The first-order valence-electron chi connectivity index (χ1n) is 6.04. The minimum atomic E-state index is -0.411. The Balaban J connectivity index is 1.94. The van der Waals surface area contributed by atoms with Crippen LogP contribution in [0.25, 0.3) is 0 Å². The maximum Gasteiger partial charge on any atom is 0.339 e. The third kappa shape index (κ3) is 3.52. The Labute approximate surface area is 116 Å². The number of carbonyl (C=O) groups excluding carboxylic acids is 1. The van der Waals surface area contributed by atoms with Gasteiger partial charge in [0.25, 0.3) is 0 Å². The molecule has 0 aliphatic rings. The Kier molecular flexibility index (Phi) is 4.62. The number of rotatable bonds is 5. The molecule has 0 fully saturated rings. The van der Waals surface area contributed by atoms with Crippen LogP contribution in [0.3, 0.4) is 0 Å². The molecule has 2 aromatic heterocycles. The van der Waals surface area contributed by atoms with Crippen LogP contribution < -0.4 is 10.5 Å². The second kappa shape index (κ2) is 6.63. The topological polar surface area (TPSA) is 87.3 Å². The minimum Gasteiger partial charge on any atom is -0.486 e. The van der Waals surface area contributed by atoms with Crippen LogP contribution in [0.15, 0.2) is 36.7 Å². The van der Waals surface area contributed by atoms with Crippen LogP contribution in [0.4, 0.5) is 0 Å². The van der Waals surface area contributed by atoms with E-state index in [2.05, 4.69) is 14.7 Å². The van der Waals surface area contributed by atoms with Crippen LogP contribution in [0.2, 0.25) is 0 Å². The molecule has 2 rings (SSSR count). The zero-order valence-electron chi connectivity index (χ0n) is 11.1. The monoisotopic (exact) mass is 273 g/mol. The number of nitrogens with two attached hydrogens (primary N) is 1. The molecule has 0 bridgehead atoms. The van der Waals surface area contributed by atoms with Gasteiger partial charge < -0.3 is 15.2 Å². The van der Waals surface area contributed by atoms with Crippen LogP contribution in [0, 0.1) is 0 Å². The highest BCUT2D eigenvalue weighted by Crippen LogP contribution is 2.11. The lowest BCUT2D eigenvalue weighted by atomic mass is 10.2. The number of hydrogen-bond donors (Lipinski definition) is 1. The Morgan fingerprint density at radius 2 is 1.90 bits per heavy atom. The van der Waals surface area contributed by atoms with Crippen molar-refractivity contribution in [2.24, 2.45) is 5.73 Å². The molecule has 0 spiro atoms. The number of pyridine rings is 2. The average Bonchev–Trinajstić information content (AvgIpc) is 2.53. The molecule has 0 aromatic carbocycles. The van der Waals surface area contributed by atoms with Crippen LogP contribution in [-0.2, 0) is 17.9 Å². The molecule has 2 aromatic rings. The van der Waals surface area contributed by atoms with E-state index in [4.69, 9.17) is 10.5 Å². The number of hydrogen-bond acceptors (Lipinski definition) is 6. The molecule has 0 atom stereocenters. The first-order chi connectivity index (χ1) is 9.72. The van der Waals surface area contributed by atoms with Gasteiger partial charge in [-0.3, -0.25) is 9.97 Å². The van der Waals surface area contributed by atoms with Crippen molar-refractivity contribution < 1.29 is 14.3 Å². The highest BCUT2D eigenvalue weighted by atomic mass is 16.5. The van der Waals surface area contributed by atoms with Crippen molar-refractivity contribution in [3.63, 3.8) is 0 Å². The Morgan fingerprint density at radius 1 is 1.15 bits per heavy atom. The second-order valence-electron chi connectivity index (χ2n) is 4.01. The van der Waals surface area contributed by atoms with E-state index in [0.717, 1.165) is 5.69 Å². The van der Waals surface area contributed by atoms with Crippen molar-refractivity contribution in [1.29, 1.82) is 0 Å².